The molecule has 0 saturated carbocycles. The summed E-state index contributed by atoms with van der Waals surface area (Å²) in [5, 5.41) is 10.0. The Labute approximate surface area is 123 Å². The molecule has 0 atom stereocenters. The lowest BCUT2D eigenvalue weighted by atomic mass is 10.0. The summed E-state index contributed by atoms with van der Waals surface area (Å²) in [6.45, 7) is 0. The zero-order chi connectivity index (χ0) is 14.1. The fraction of sp³-hybridized carbons (Fsp3) is 0. The van der Waals surface area contributed by atoms with Crippen LogP contribution in [0.25, 0.3) is 22.2 Å². The van der Waals surface area contributed by atoms with Crippen LogP contribution in [0.2, 0.25) is 0 Å². The first kappa shape index (κ1) is 12.7. The molecule has 0 amide bonds. The second-order valence-corrected chi connectivity index (χ2v) is 5.08. The number of carbonyl (C=O) groups is 1. The van der Waals surface area contributed by atoms with Crippen LogP contribution in [-0.4, -0.2) is 21.0 Å². The molecule has 0 bridgehead atoms. The predicted molar refractivity (Wildman–Crippen MR) is 79.6 cm³/mol. The van der Waals surface area contributed by atoms with Crippen molar-refractivity contribution in [1.29, 1.82) is 0 Å². The summed E-state index contributed by atoms with van der Waals surface area (Å²) in [4.78, 5) is 20.0. The van der Waals surface area contributed by atoms with Crippen molar-refractivity contribution in [3.05, 3.63) is 58.8 Å². The lowest BCUT2D eigenvalue weighted by molar-refractivity contribution is 0.0699. The molecule has 20 heavy (non-hydrogen) atoms. The van der Waals surface area contributed by atoms with Gasteiger partial charge in [-0.15, -0.1) is 0 Å². The van der Waals surface area contributed by atoms with Crippen LogP contribution in [0.1, 0.15) is 10.4 Å². The molecular formula is C15H9BrN2O2. The Bertz CT molecular complexity index is 804. The number of aromatic nitrogens is 2. The maximum absolute atomic E-state index is 11.5. The van der Waals surface area contributed by atoms with Gasteiger partial charge in [-0.05, 0) is 30.3 Å². The third-order valence-electron chi connectivity index (χ3n) is 2.99. The van der Waals surface area contributed by atoms with E-state index in [0.29, 0.717) is 16.6 Å². The number of hydrogen-bond acceptors (Lipinski definition) is 3. The first-order chi connectivity index (χ1) is 9.66. The zero-order valence-electron chi connectivity index (χ0n) is 10.2. The van der Waals surface area contributed by atoms with Crippen LogP contribution in [0.4, 0.5) is 0 Å². The van der Waals surface area contributed by atoms with E-state index in [1.807, 2.05) is 12.1 Å². The average Bonchev–Trinajstić information content (AvgIpc) is 2.47. The van der Waals surface area contributed by atoms with Gasteiger partial charge in [-0.25, -0.2) is 9.78 Å². The summed E-state index contributed by atoms with van der Waals surface area (Å²) in [5.74, 6) is -0.973. The minimum atomic E-state index is -0.973. The Kier molecular flexibility index (Phi) is 3.20. The lowest BCUT2D eigenvalue weighted by Gasteiger charge is -2.08. The van der Waals surface area contributed by atoms with Gasteiger partial charge in [0.2, 0.25) is 0 Å². The van der Waals surface area contributed by atoms with Crippen molar-refractivity contribution in [1.82, 2.24) is 9.97 Å². The third kappa shape index (κ3) is 2.16. The van der Waals surface area contributed by atoms with E-state index in [4.69, 9.17) is 0 Å². The van der Waals surface area contributed by atoms with Crippen LogP contribution < -0.4 is 0 Å². The van der Waals surface area contributed by atoms with Crippen LogP contribution >= 0.6 is 15.9 Å². The van der Waals surface area contributed by atoms with Gasteiger partial charge in [0, 0.05) is 27.8 Å². The smallest absolute Gasteiger partial charge is 0.336 e. The van der Waals surface area contributed by atoms with Crippen molar-refractivity contribution < 1.29 is 9.90 Å². The average molecular weight is 329 g/mol. The normalized spacial score (nSPS) is 10.7. The minimum absolute atomic E-state index is 0.231. The molecule has 3 rings (SSSR count). The van der Waals surface area contributed by atoms with Crippen molar-refractivity contribution in [2.24, 2.45) is 0 Å². The second-order valence-electron chi connectivity index (χ2n) is 4.23. The van der Waals surface area contributed by atoms with E-state index in [2.05, 4.69) is 25.9 Å². The van der Waals surface area contributed by atoms with Gasteiger partial charge in [-0.1, -0.05) is 22.0 Å². The van der Waals surface area contributed by atoms with Gasteiger partial charge < -0.3 is 5.11 Å². The van der Waals surface area contributed by atoms with Gasteiger partial charge in [0.1, 0.15) is 0 Å². The molecular weight excluding hydrogens is 320 g/mol. The Balaban J connectivity index is 2.35. The fourth-order valence-corrected chi connectivity index (χ4v) is 2.65. The van der Waals surface area contributed by atoms with Crippen molar-refractivity contribution in [3.63, 3.8) is 0 Å². The molecule has 2 heterocycles. The zero-order valence-corrected chi connectivity index (χ0v) is 11.8. The number of fused-ring (bicyclic) bond motifs is 1. The highest BCUT2D eigenvalue weighted by atomic mass is 79.9. The molecule has 98 valence electrons. The summed E-state index contributed by atoms with van der Waals surface area (Å²) >= 11 is 3.38. The Morgan fingerprint density at radius 1 is 1.15 bits per heavy atom. The van der Waals surface area contributed by atoms with E-state index in [0.717, 1.165) is 10.0 Å². The molecule has 0 unspecified atom stereocenters. The van der Waals surface area contributed by atoms with E-state index < -0.39 is 5.97 Å². The number of nitrogens with zero attached hydrogens (tertiary/aromatic N) is 2. The van der Waals surface area contributed by atoms with Crippen LogP contribution in [-0.2, 0) is 0 Å². The Morgan fingerprint density at radius 2 is 1.90 bits per heavy atom. The highest BCUT2D eigenvalue weighted by molar-refractivity contribution is 9.10. The standard InChI is InChI=1S/C15H9BrN2O2/c16-11-2-1-3-12-14(11)10(15(19)20)8-13(18-12)9-4-6-17-7-5-9/h1-8H,(H,19,20). The monoisotopic (exact) mass is 328 g/mol. The van der Waals surface area contributed by atoms with E-state index in [1.54, 1.807) is 36.7 Å². The number of rotatable bonds is 2. The number of halogens is 1. The number of carboxylic acids is 1. The first-order valence-electron chi connectivity index (χ1n) is 5.90. The van der Waals surface area contributed by atoms with Gasteiger partial charge in [0.25, 0.3) is 0 Å². The van der Waals surface area contributed by atoms with E-state index in [9.17, 15) is 9.90 Å². The quantitative estimate of drug-likeness (QED) is 0.778. The molecule has 4 nitrogen and oxygen atoms in total. The molecule has 0 saturated heterocycles. The third-order valence-corrected chi connectivity index (χ3v) is 3.65. The van der Waals surface area contributed by atoms with Crippen LogP contribution in [0.15, 0.2) is 53.3 Å². The van der Waals surface area contributed by atoms with Gasteiger partial charge in [-0.2, -0.15) is 0 Å². The summed E-state index contributed by atoms with van der Waals surface area (Å²) < 4.78 is 0.723. The van der Waals surface area contributed by atoms with Crippen molar-refractivity contribution in [3.8, 4) is 11.3 Å². The van der Waals surface area contributed by atoms with Crippen LogP contribution in [0.5, 0.6) is 0 Å². The van der Waals surface area contributed by atoms with Gasteiger partial charge in [0.15, 0.2) is 0 Å². The summed E-state index contributed by atoms with van der Waals surface area (Å²) in [7, 11) is 0. The number of aromatic carboxylic acids is 1. The van der Waals surface area contributed by atoms with Crippen molar-refractivity contribution >= 4 is 32.8 Å². The number of benzene rings is 1. The van der Waals surface area contributed by atoms with Crippen LogP contribution in [0.3, 0.4) is 0 Å². The second kappa shape index (κ2) is 5.02. The Hall–Kier alpha value is -2.27. The van der Waals surface area contributed by atoms with Gasteiger partial charge in [0.05, 0.1) is 16.8 Å². The highest BCUT2D eigenvalue weighted by Gasteiger charge is 2.14. The molecule has 3 aromatic rings. The molecule has 5 heteroatoms. The van der Waals surface area contributed by atoms with Gasteiger partial charge >= 0.3 is 5.97 Å². The number of hydrogen-bond donors (Lipinski definition) is 1. The minimum Gasteiger partial charge on any atom is -0.478 e. The molecule has 0 radical (unpaired) electrons. The topological polar surface area (TPSA) is 63.1 Å². The molecule has 1 N–H and O–H groups in total. The highest BCUT2D eigenvalue weighted by Crippen LogP contribution is 2.29. The molecule has 0 aliphatic rings. The molecule has 0 fully saturated rings. The molecule has 0 aliphatic carbocycles. The molecule has 0 spiro atoms. The summed E-state index contributed by atoms with van der Waals surface area (Å²) in [6, 6.07) is 10.6. The van der Waals surface area contributed by atoms with Crippen LogP contribution in [0, 0.1) is 0 Å². The Morgan fingerprint density at radius 3 is 2.60 bits per heavy atom. The molecule has 1 aromatic carbocycles. The molecule has 2 aromatic heterocycles. The predicted octanol–water partition coefficient (Wildman–Crippen LogP) is 3.76. The van der Waals surface area contributed by atoms with E-state index in [1.165, 1.54) is 0 Å². The molecule has 0 aliphatic heterocycles. The van der Waals surface area contributed by atoms with E-state index >= 15 is 0 Å². The first-order valence-corrected chi connectivity index (χ1v) is 6.69. The maximum Gasteiger partial charge on any atom is 0.336 e. The lowest BCUT2D eigenvalue weighted by Crippen LogP contribution is -2.00. The number of pyridine rings is 2. The summed E-state index contributed by atoms with van der Waals surface area (Å²) in [5.41, 5.74) is 2.33. The summed E-state index contributed by atoms with van der Waals surface area (Å²) in [6.07, 6.45) is 3.31. The maximum atomic E-state index is 11.5. The van der Waals surface area contributed by atoms with E-state index in [-0.39, 0.29) is 5.56 Å². The fourth-order valence-electron chi connectivity index (χ4n) is 2.08. The number of carboxylic acid groups (broad SMARTS) is 1. The van der Waals surface area contributed by atoms with Crippen molar-refractivity contribution in [2.45, 2.75) is 0 Å². The van der Waals surface area contributed by atoms with Crippen molar-refractivity contribution in [2.75, 3.05) is 0 Å². The SMILES string of the molecule is O=C(O)c1cc(-c2ccncc2)nc2cccc(Br)c12. The van der Waals surface area contributed by atoms with Gasteiger partial charge in [-0.3, -0.25) is 4.98 Å². The largest absolute Gasteiger partial charge is 0.478 e.